The second kappa shape index (κ2) is 6.67. The second-order valence-corrected chi connectivity index (χ2v) is 8.24. The van der Waals surface area contributed by atoms with E-state index in [2.05, 4.69) is 15.6 Å². The van der Waals surface area contributed by atoms with E-state index in [1.54, 1.807) is 6.20 Å². The van der Waals surface area contributed by atoms with Gasteiger partial charge in [0.1, 0.15) is 4.88 Å². The van der Waals surface area contributed by atoms with Crippen molar-refractivity contribution in [3.63, 3.8) is 0 Å². The van der Waals surface area contributed by atoms with E-state index >= 15 is 0 Å². The number of amides is 2. The summed E-state index contributed by atoms with van der Waals surface area (Å²) in [5, 5.41) is 5.86. The number of ether oxygens (including phenoxy) is 1. The average Bonchev–Trinajstić information content (AvgIpc) is 3.04. The summed E-state index contributed by atoms with van der Waals surface area (Å²) < 4.78 is 4.80. The highest BCUT2D eigenvalue weighted by Crippen LogP contribution is 2.36. The number of methoxy groups -OCH3 is 1. The lowest BCUT2D eigenvalue weighted by molar-refractivity contribution is 0.0607. The Balaban J connectivity index is 2.21. The minimum absolute atomic E-state index is 0.129. The molecule has 0 aliphatic rings. The maximum Gasteiger partial charge on any atom is 0.350 e. The maximum atomic E-state index is 12.1. The number of hydrogen-bond acceptors (Lipinski definition) is 6. The minimum Gasteiger partial charge on any atom is -0.465 e. The maximum absolute atomic E-state index is 12.1. The molecule has 0 aliphatic heterocycles. The normalized spacial score (nSPS) is 11.2. The van der Waals surface area contributed by atoms with Crippen molar-refractivity contribution >= 4 is 45.5 Å². The van der Waals surface area contributed by atoms with Crippen molar-refractivity contribution in [2.75, 3.05) is 17.7 Å². The van der Waals surface area contributed by atoms with Crippen LogP contribution in [0.2, 0.25) is 0 Å². The van der Waals surface area contributed by atoms with Crippen molar-refractivity contribution in [2.24, 2.45) is 0 Å². The Kier molecular flexibility index (Phi) is 5.06. The lowest BCUT2D eigenvalue weighted by Crippen LogP contribution is -2.20. The zero-order valence-corrected chi connectivity index (χ0v) is 15.3. The van der Waals surface area contributed by atoms with Crippen LogP contribution in [-0.4, -0.2) is 24.1 Å². The number of carbonyl (C=O) groups excluding carboxylic acids is 2. The third-order valence-electron chi connectivity index (χ3n) is 2.93. The number of anilines is 2. The Hall–Kier alpha value is -1.93. The number of carbonyl (C=O) groups is 2. The summed E-state index contributed by atoms with van der Waals surface area (Å²) in [5.41, 5.74) is 0.313. The molecular weight excluding hydrogens is 334 g/mol. The number of nitrogens with zero attached hydrogens (tertiary/aromatic N) is 1. The van der Waals surface area contributed by atoms with Crippen molar-refractivity contribution in [2.45, 2.75) is 33.1 Å². The molecule has 2 aromatic rings. The van der Waals surface area contributed by atoms with Crippen LogP contribution < -0.4 is 10.6 Å². The first-order valence-electron chi connectivity index (χ1n) is 6.93. The Bertz CT molecular complexity index is 729. The van der Waals surface area contributed by atoms with Crippen molar-refractivity contribution in [1.82, 2.24) is 4.98 Å². The number of aryl methyl sites for hydroxylation is 1. The van der Waals surface area contributed by atoms with Gasteiger partial charge >= 0.3 is 12.0 Å². The molecule has 2 rings (SSSR count). The second-order valence-electron chi connectivity index (χ2n) is 5.95. The summed E-state index contributed by atoms with van der Waals surface area (Å²) in [6.07, 6.45) is 1.68. The summed E-state index contributed by atoms with van der Waals surface area (Å²) in [7, 11) is 1.32. The molecule has 0 aromatic carbocycles. The molecule has 0 saturated heterocycles. The zero-order chi connectivity index (χ0) is 17.2. The molecule has 8 heteroatoms. The summed E-state index contributed by atoms with van der Waals surface area (Å²) in [6, 6.07) is 1.37. The van der Waals surface area contributed by atoms with Gasteiger partial charge in [0.05, 0.1) is 12.8 Å². The molecule has 0 bridgehead atoms. The molecule has 2 amide bonds. The van der Waals surface area contributed by atoms with Crippen LogP contribution in [0.5, 0.6) is 0 Å². The number of thiophene rings is 1. The van der Waals surface area contributed by atoms with E-state index in [0.29, 0.717) is 15.7 Å². The standard InChI is InChI=1S/C15H19N3O3S2/c1-8-7-16-14(22-8)18-13(20)17-9-6-10(15(2,3)4)23-11(9)12(19)21-5/h6-7H,1-5H3,(H2,16,17,18,20). The molecule has 2 aromatic heterocycles. The SMILES string of the molecule is COC(=O)c1sc(C(C)(C)C)cc1NC(=O)Nc1ncc(C)s1. The molecule has 0 radical (unpaired) electrons. The molecule has 6 nitrogen and oxygen atoms in total. The number of nitrogens with one attached hydrogen (secondary N) is 2. The van der Waals surface area contributed by atoms with Crippen LogP contribution in [0.25, 0.3) is 0 Å². The van der Waals surface area contributed by atoms with E-state index in [4.69, 9.17) is 4.74 Å². The molecule has 0 fully saturated rings. The number of rotatable bonds is 3. The third kappa shape index (κ3) is 4.29. The Morgan fingerprint density at radius 3 is 2.43 bits per heavy atom. The van der Waals surface area contributed by atoms with Gasteiger partial charge in [0.25, 0.3) is 0 Å². The highest BCUT2D eigenvalue weighted by Gasteiger charge is 2.24. The predicted molar refractivity (Wildman–Crippen MR) is 93.9 cm³/mol. The molecule has 124 valence electrons. The number of aromatic nitrogens is 1. The fourth-order valence-corrected chi connectivity index (χ4v) is 3.51. The Morgan fingerprint density at radius 1 is 1.22 bits per heavy atom. The minimum atomic E-state index is -0.467. The highest BCUT2D eigenvalue weighted by molar-refractivity contribution is 7.15. The van der Waals surface area contributed by atoms with Crippen molar-refractivity contribution < 1.29 is 14.3 Å². The number of hydrogen-bond donors (Lipinski definition) is 2. The quantitative estimate of drug-likeness (QED) is 0.809. The van der Waals surface area contributed by atoms with Gasteiger partial charge in [0.2, 0.25) is 0 Å². The van der Waals surface area contributed by atoms with Gasteiger partial charge in [-0.25, -0.2) is 14.6 Å². The number of esters is 1. The number of urea groups is 1. The van der Waals surface area contributed by atoms with Crippen LogP contribution in [0, 0.1) is 6.92 Å². The predicted octanol–water partition coefficient (Wildman–Crippen LogP) is 4.24. The fourth-order valence-electron chi connectivity index (χ4n) is 1.76. The van der Waals surface area contributed by atoms with Crippen molar-refractivity contribution in [1.29, 1.82) is 0 Å². The van der Waals surface area contributed by atoms with E-state index < -0.39 is 12.0 Å². The van der Waals surface area contributed by atoms with Gasteiger partial charge in [-0.15, -0.1) is 22.7 Å². The molecule has 0 atom stereocenters. The summed E-state index contributed by atoms with van der Waals surface area (Å²) in [5.74, 6) is -0.467. The molecule has 0 saturated carbocycles. The molecule has 0 aliphatic carbocycles. The zero-order valence-electron chi connectivity index (χ0n) is 13.6. The Labute approximate surface area is 142 Å². The summed E-state index contributed by atoms with van der Waals surface area (Å²) >= 11 is 2.70. The van der Waals surface area contributed by atoms with E-state index in [-0.39, 0.29) is 5.41 Å². The molecule has 0 unspecified atom stereocenters. The van der Waals surface area contributed by atoms with Crippen LogP contribution in [0.1, 0.15) is 40.2 Å². The first-order chi connectivity index (χ1) is 10.7. The molecule has 2 heterocycles. The van der Waals surface area contributed by atoms with E-state index in [1.165, 1.54) is 29.8 Å². The van der Waals surface area contributed by atoms with Gasteiger partial charge < -0.3 is 10.1 Å². The van der Waals surface area contributed by atoms with Crippen molar-refractivity contribution in [3.05, 3.63) is 26.9 Å². The van der Waals surface area contributed by atoms with Gasteiger partial charge in [-0.1, -0.05) is 20.8 Å². The highest BCUT2D eigenvalue weighted by atomic mass is 32.1. The first kappa shape index (κ1) is 17.4. The molecule has 2 N–H and O–H groups in total. The first-order valence-corrected chi connectivity index (χ1v) is 8.57. The van der Waals surface area contributed by atoms with E-state index in [0.717, 1.165) is 9.75 Å². The lowest BCUT2D eigenvalue weighted by atomic mass is 9.94. The van der Waals surface area contributed by atoms with Gasteiger partial charge in [0.15, 0.2) is 5.13 Å². The smallest absolute Gasteiger partial charge is 0.350 e. The van der Waals surface area contributed by atoms with Gasteiger partial charge in [-0.2, -0.15) is 0 Å². The Morgan fingerprint density at radius 2 is 1.91 bits per heavy atom. The molecule has 23 heavy (non-hydrogen) atoms. The summed E-state index contributed by atoms with van der Waals surface area (Å²) in [4.78, 5) is 30.5. The van der Waals surface area contributed by atoms with Gasteiger partial charge in [0, 0.05) is 16.0 Å². The fraction of sp³-hybridized carbons (Fsp3) is 0.400. The number of thiazole rings is 1. The third-order valence-corrected chi connectivity index (χ3v) is 5.30. The summed E-state index contributed by atoms with van der Waals surface area (Å²) in [6.45, 7) is 8.04. The monoisotopic (exact) mass is 353 g/mol. The van der Waals surface area contributed by atoms with Crippen LogP contribution in [0.15, 0.2) is 12.3 Å². The van der Waals surface area contributed by atoms with Crippen LogP contribution in [-0.2, 0) is 10.2 Å². The van der Waals surface area contributed by atoms with Crippen LogP contribution in [0.4, 0.5) is 15.6 Å². The lowest BCUT2D eigenvalue weighted by Gasteiger charge is -2.15. The topological polar surface area (TPSA) is 80.3 Å². The average molecular weight is 353 g/mol. The van der Waals surface area contributed by atoms with E-state index in [1.807, 2.05) is 33.8 Å². The van der Waals surface area contributed by atoms with Crippen LogP contribution in [0.3, 0.4) is 0 Å². The molecular formula is C15H19N3O3S2. The van der Waals surface area contributed by atoms with E-state index in [9.17, 15) is 9.59 Å². The van der Waals surface area contributed by atoms with Gasteiger partial charge in [-0.3, -0.25) is 5.32 Å². The largest absolute Gasteiger partial charge is 0.465 e. The van der Waals surface area contributed by atoms with Crippen LogP contribution >= 0.6 is 22.7 Å². The molecule has 0 spiro atoms. The van der Waals surface area contributed by atoms with Gasteiger partial charge in [-0.05, 0) is 18.4 Å². The van der Waals surface area contributed by atoms with Crippen molar-refractivity contribution in [3.8, 4) is 0 Å².